The van der Waals surface area contributed by atoms with Crippen LogP contribution in [0.4, 0.5) is 8.78 Å². The summed E-state index contributed by atoms with van der Waals surface area (Å²) in [5.41, 5.74) is 0.122. The van der Waals surface area contributed by atoms with Crippen molar-refractivity contribution in [1.82, 2.24) is 5.32 Å². The van der Waals surface area contributed by atoms with Gasteiger partial charge in [0.05, 0.1) is 4.47 Å². The number of benzene rings is 1. The average Bonchev–Trinajstić information content (AvgIpc) is 2.44. The molecule has 1 saturated carbocycles. The van der Waals surface area contributed by atoms with Gasteiger partial charge in [-0.05, 0) is 53.7 Å². The molecule has 1 nitrogen and oxygen atoms in total. The Kier molecular flexibility index (Phi) is 5.34. The fourth-order valence-electron chi connectivity index (χ4n) is 2.79. The van der Waals surface area contributed by atoms with E-state index in [0.29, 0.717) is 16.4 Å². The minimum atomic E-state index is -0.497. The Morgan fingerprint density at radius 2 is 1.95 bits per heavy atom. The number of rotatable bonds is 4. The van der Waals surface area contributed by atoms with E-state index in [0.717, 1.165) is 0 Å². The smallest absolute Gasteiger partial charge is 0.144 e. The van der Waals surface area contributed by atoms with Crippen LogP contribution < -0.4 is 5.32 Å². The maximum atomic E-state index is 13.8. The van der Waals surface area contributed by atoms with Crippen molar-refractivity contribution in [3.8, 4) is 0 Å². The largest absolute Gasteiger partial charge is 0.310 e. The molecule has 0 aromatic heterocycles. The van der Waals surface area contributed by atoms with Crippen molar-refractivity contribution in [2.45, 2.75) is 51.6 Å². The van der Waals surface area contributed by atoms with Gasteiger partial charge in [0.15, 0.2) is 0 Å². The fraction of sp³-hybridized carbons (Fsp3) is 0.600. The molecular weight excluding hydrogens is 312 g/mol. The van der Waals surface area contributed by atoms with Gasteiger partial charge in [-0.15, -0.1) is 0 Å². The van der Waals surface area contributed by atoms with Crippen LogP contribution in [0.1, 0.15) is 44.6 Å². The summed E-state index contributed by atoms with van der Waals surface area (Å²) in [6.07, 6.45) is 6.31. The molecule has 1 N–H and O–H groups in total. The van der Waals surface area contributed by atoms with Crippen molar-refractivity contribution >= 4 is 15.9 Å². The van der Waals surface area contributed by atoms with Crippen molar-refractivity contribution in [1.29, 1.82) is 0 Å². The van der Waals surface area contributed by atoms with Gasteiger partial charge in [-0.25, -0.2) is 8.78 Å². The second-order valence-electron chi connectivity index (χ2n) is 5.39. The maximum absolute atomic E-state index is 13.8. The van der Waals surface area contributed by atoms with Crippen LogP contribution in [0.15, 0.2) is 16.6 Å². The van der Waals surface area contributed by atoms with E-state index in [1.807, 2.05) is 0 Å². The quantitative estimate of drug-likeness (QED) is 0.782. The zero-order valence-electron chi connectivity index (χ0n) is 11.2. The molecule has 1 aliphatic carbocycles. The van der Waals surface area contributed by atoms with E-state index < -0.39 is 11.6 Å². The molecule has 0 saturated heterocycles. The Morgan fingerprint density at radius 1 is 1.26 bits per heavy atom. The Bertz CT molecular complexity index is 430. The summed E-state index contributed by atoms with van der Waals surface area (Å²) in [6.45, 7) is 2.36. The highest BCUT2D eigenvalue weighted by Crippen LogP contribution is 2.27. The fourth-order valence-corrected chi connectivity index (χ4v) is 3.17. The monoisotopic (exact) mass is 331 g/mol. The lowest BCUT2D eigenvalue weighted by atomic mass is 9.84. The highest BCUT2D eigenvalue weighted by Gasteiger charge is 2.20. The van der Waals surface area contributed by atoms with Crippen molar-refractivity contribution < 1.29 is 8.78 Å². The highest BCUT2D eigenvalue weighted by atomic mass is 79.9. The van der Waals surface area contributed by atoms with Crippen LogP contribution in [0.2, 0.25) is 0 Å². The van der Waals surface area contributed by atoms with Crippen LogP contribution in [0.3, 0.4) is 0 Å². The van der Waals surface area contributed by atoms with Crippen molar-refractivity contribution in [2.75, 3.05) is 0 Å². The molecule has 1 aromatic carbocycles. The molecule has 0 unspecified atom stereocenters. The van der Waals surface area contributed by atoms with Crippen LogP contribution in [-0.2, 0) is 6.54 Å². The van der Waals surface area contributed by atoms with E-state index >= 15 is 0 Å². The first-order valence-corrected chi connectivity index (χ1v) is 7.74. The van der Waals surface area contributed by atoms with Gasteiger partial charge < -0.3 is 5.32 Å². The predicted molar refractivity (Wildman–Crippen MR) is 76.9 cm³/mol. The zero-order valence-corrected chi connectivity index (χ0v) is 12.8. The SMILES string of the molecule is C[C@@H](NCc1c(F)ccc(Br)c1F)C1CCCCC1. The summed E-state index contributed by atoms with van der Waals surface area (Å²) >= 11 is 3.09. The van der Waals surface area contributed by atoms with E-state index in [9.17, 15) is 8.78 Å². The predicted octanol–water partition coefficient (Wildman–Crippen LogP) is 4.79. The molecule has 0 heterocycles. The molecule has 1 atom stereocenters. The summed E-state index contributed by atoms with van der Waals surface area (Å²) in [5, 5.41) is 3.28. The third-order valence-electron chi connectivity index (χ3n) is 4.10. The Hall–Kier alpha value is -0.480. The van der Waals surface area contributed by atoms with Gasteiger partial charge in [0.2, 0.25) is 0 Å². The molecule has 1 aliphatic rings. The number of hydrogen-bond acceptors (Lipinski definition) is 1. The van der Waals surface area contributed by atoms with Crippen LogP contribution in [0.25, 0.3) is 0 Å². The molecule has 0 bridgehead atoms. The van der Waals surface area contributed by atoms with E-state index in [1.165, 1.54) is 44.2 Å². The molecule has 2 rings (SSSR count). The van der Waals surface area contributed by atoms with Gasteiger partial charge in [-0.1, -0.05) is 19.3 Å². The van der Waals surface area contributed by atoms with E-state index in [2.05, 4.69) is 28.2 Å². The van der Waals surface area contributed by atoms with E-state index in [4.69, 9.17) is 0 Å². The summed E-state index contributed by atoms with van der Waals surface area (Å²) in [5.74, 6) is -0.348. The maximum Gasteiger partial charge on any atom is 0.144 e. The first kappa shape index (κ1) is 14.9. The summed E-state index contributed by atoms with van der Waals surface area (Å²) in [6, 6.07) is 3.01. The summed E-state index contributed by atoms with van der Waals surface area (Å²) in [7, 11) is 0. The average molecular weight is 332 g/mol. The lowest BCUT2D eigenvalue weighted by molar-refractivity contribution is 0.279. The summed E-state index contributed by atoms with van der Waals surface area (Å²) < 4.78 is 27.8. The van der Waals surface area contributed by atoms with Crippen LogP contribution >= 0.6 is 15.9 Å². The second kappa shape index (κ2) is 6.80. The standard InChI is InChI=1S/C15H20BrF2N/c1-10(11-5-3-2-4-6-11)19-9-12-14(17)8-7-13(16)15(12)18/h7-8,10-11,19H,2-6,9H2,1H3/t10-/m1/s1. The molecule has 0 aliphatic heterocycles. The lowest BCUT2D eigenvalue weighted by Crippen LogP contribution is -2.34. The van der Waals surface area contributed by atoms with Crippen molar-refractivity contribution in [3.63, 3.8) is 0 Å². The normalized spacial score (nSPS) is 18.5. The van der Waals surface area contributed by atoms with Gasteiger partial charge >= 0.3 is 0 Å². The molecule has 106 valence electrons. The van der Waals surface area contributed by atoms with Gasteiger partial charge in [0.25, 0.3) is 0 Å². The topological polar surface area (TPSA) is 12.0 Å². The van der Waals surface area contributed by atoms with Crippen molar-refractivity contribution in [2.24, 2.45) is 5.92 Å². The van der Waals surface area contributed by atoms with Gasteiger partial charge in [0, 0.05) is 18.2 Å². The van der Waals surface area contributed by atoms with Crippen LogP contribution in [0.5, 0.6) is 0 Å². The van der Waals surface area contributed by atoms with E-state index in [-0.39, 0.29) is 12.1 Å². The van der Waals surface area contributed by atoms with Gasteiger partial charge in [0.1, 0.15) is 11.6 Å². The minimum absolute atomic E-state index is 0.122. The number of nitrogens with one attached hydrogen (secondary N) is 1. The van der Waals surface area contributed by atoms with Gasteiger partial charge in [-0.2, -0.15) is 0 Å². The summed E-state index contributed by atoms with van der Waals surface area (Å²) in [4.78, 5) is 0. The highest BCUT2D eigenvalue weighted by molar-refractivity contribution is 9.10. The lowest BCUT2D eigenvalue weighted by Gasteiger charge is -2.28. The molecule has 0 radical (unpaired) electrons. The molecule has 1 aromatic rings. The minimum Gasteiger partial charge on any atom is -0.310 e. The Morgan fingerprint density at radius 3 is 2.63 bits per heavy atom. The first-order valence-electron chi connectivity index (χ1n) is 6.95. The number of halogens is 3. The third-order valence-corrected chi connectivity index (χ3v) is 4.71. The van der Waals surface area contributed by atoms with Crippen LogP contribution in [-0.4, -0.2) is 6.04 Å². The van der Waals surface area contributed by atoms with Gasteiger partial charge in [-0.3, -0.25) is 0 Å². The first-order chi connectivity index (χ1) is 9.09. The number of hydrogen-bond donors (Lipinski definition) is 1. The Labute approximate surface area is 121 Å². The molecule has 1 fully saturated rings. The molecule has 4 heteroatoms. The molecule has 0 spiro atoms. The second-order valence-corrected chi connectivity index (χ2v) is 6.24. The van der Waals surface area contributed by atoms with E-state index in [1.54, 1.807) is 0 Å². The molecular formula is C15H20BrF2N. The third kappa shape index (κ3) is 3.76. The Balaban J connectivity index is 1.96. The molecule has 0 amide bonds. The molecule has 19 heavy (non-hydrogen) atoms. The van der Waals surface area contributed by atoms with Crippen molar-refractivity contribution in [3.05, 3.63) is 33.8 Å². The van der Waals surface area contributed by atoms with Crippen LogP contribution in [0, 0.1) is 17.6 Å². The zero-order chi connectivity index (χ0) is 13.8.